The second-order valence-electron chi connectivity index (χ2n) is 7.38. The van der Waals surface area contributed by atoms with E-state index in [1.165, 1.54) is 0 Å². The highest BCUT2D eigenvalue weighted by molar-refractivity contribution is 6.02. The van der Waals surface area contributed by atoms with Crippen LogP contribution in [0.3, 0.4) is 0 Å². The first-order valence-electron chi connectivity index (χ1n) is 10.6. The third-order valence-electron chi connectivity index (χ3n) is 5.00. The lowest BCUT2D eigenvalue weighted by Gasteiger charge is -2.10. The summed E-state index contributed by atoms with van der Waals surface area (Å²) < 4.78 is 0. The summed E-state index contributed by atoms with van der Waals surface area (Å²) in [6, 6.07) is 30.5. The maximum Gasteiger partial charge on any atom is 0.250 e. The summed E-state index contributed by atoms with van der Waals surface area (Å²) in [5.74, 6) is 1.08. The van der Waals surface area contributed by atoms with Gasteiger partial charge in [-0.2, -0.15) is 20.1 Å². The molecule has 0 bridgehead atoms. The summed E-state index contributed by atoms with van der Waals surface area (Å²) in [7, 11) is 0. The van der Waals surface area contributed by atoms with Crippen LogP contribution < -0.4 is 16.1 Å². The maximum absolute atomic E-state index is 10.3. The van der Waals surface area contributed by atoms with Crippen LogP contribution in [0.2, 0.25) is 0 Å². The van der Waals surface area contributed by atoms with E-state index in [0.717, 1.165) is 22.1 Å². The number of anilines is 5. The molecule has 0 aliphatic heterocycles. The zero-order chi connectivity index (χ0) is 23.2. The zero-order valence-corrected chi connectivity index (χ0v) is 18.1. The van der Waals surface area contributed by atoms with Crippen molar-refractivity contribution in [3.8, 4) is 5.75 Å². The van der Waals surface area contributed by atoms with Crippen molar-refractivity contribution in [1.29, 1.82) is 0 Å². The number of rotatable bonds is 7. The average Bonchev–Trinajstić information content (AvgIpc) is 2.86. The van der Waals surface area contributed by atoms with Crippen molar-refractivity contribution in [2.45, 2.75) is 0 Å². The monoisotopic (exact) mass is 447 g/mol. The van der Waals surface area contributed by atoms with Crippen LogP contribution in [0.15, 0.2) is 102 Å². The molecule has 5 aromatic rings. The number of nitrogens with one attached hydrogen (secondary N) is 3. The molecular formula is C26H21N7O. The lowest BCUT2D eigenvalue weighted by atomic mass is 10.0. The number of hydrogen-bond donors (Lipinski definition) is 4. The van der Waals surface area contributed by atoms with Gasteiger partial charge in [0.05, 0.1) is 6.21 Å². The Morgan fingerprint density at radius 2 is 1.18 bits per heavy atom. The molecule has 0 amide bonds. The van der Waals surface area contributed by atoms with Gasteiger partial charge >= 0.3 is 0 Å². The van der Waals surface area contributed by atoms with Crippen LogP contribution in [0, 0.1) is 0 Å². The largest absolute Gasteiger partial charge is 0.507 e. The number of benzene rings is 4. The summed E-state index contributed by atoms with van der Waals surface area (Å²) in [5, 5.41) is 22.9. The normalized spacial score (nSPS) is 10.9. The molecule has 4 N–H and O–H groups in total. The number of para-hydroxylation sites is 2. The maximum atomic E-state index is 10.3. The van der Waals surface area contributed by atoms with Crippen molar-refractivity contribution in [3.63, 3.8) is 0 Å². The van der Waals surface area contributed by atoms with Crippen molar-refractivity contribution in [2.75, 3.05) is 16.1 Å². The fraction of sp³-hybridized carbons (Fsp3) is 0. The molecule has 4 aromatic carbocycles. The third-order valence-corrected chi connectivity index (χ3v) is 5.00. The molecule has 166 valence electrons. The van der Waals surface area contributed by atoms with E-state index >= 15 is 0 Å². The predicted molar refractivity (Wildman–Crippen MR) is 136 cm³/mol. The van der Waals surface area contributed by atoms with Gasteiger partial charge in [-0.1, -0.05) is 66.7 Å². The number of aromatic hydroxyl groups is 1. The minimum atomic E-state index is 0.137. The molecule has 0 radical (unpaired) electrons. The van der Waals surface area contributed by atoms with Crippen LogP contribution in [0.25, 0.3) is 10.8 Å². The molecule has 8 heteroatoms. The summed E-state index contributed by atoms with van der Waals surface area (Å²) in [4.78, 5) is 13.3. The molecular weight excluding hydrogens is 426 g/mol. The lowest BCUT2D eigenvalue weighted by molar-refractivity contribution is 0.475. The molecule has 8 nitrogen and oxygen atoms in total. The third kappa shape index (κ3) is 4.91. The molecule has 0 fully saturated rings. The minimum absolute atomic E-state index is 0.137. The summed E-state index contributed by atoms with van der Waals surface area (Å²) in [6.45, 7) is 0. The van der Waals surface area contributed by atoms with Gasteiger partial charge in [0.15, 0.2) is 0 Å². The molecule has 0 unspecified atom stereocenters. The van der Waals surface area contributed by atoms with E-state index in [1.807, 2.05) is 91.0 Å². The molecule has 0 saturated heterocycles. The first kappa shape index (κ1) is 20.9. The average molecular weight is 448 g/mol. The molecule has 1 aromatic heterocycles. The number of phenols is 1. The smallest absolute Gasteiger partial charge is 0.250 e. The molecule has 0 spiro atoms. The quantitative estimate of drug-likeness (QED) is 0.188. The summed E-state index contributed by atoms with van der Waals surface area (Å²) in [5.41, 5.74) is 5.14. The van der Waals surface area contributed by atoms with Crippen molar-refractivity contribution in [3.05, 3.63) is 103 Å². The van der Waals surface area contributed by atoms with Gasteiger partial charge in [-0.3, -0.25) is 0 Å². The first-order chi connectivity index (χ1) is 16.7. The summed E-state index contributed by atoms with van der Waals surface area (Å²) in [6.07, 6.45) is 1.55. The molecule has 5 rings (SSSR count). The van der Waals surface area contributed by atoms with Crippen molar-refractivity contribution < 1.29 is 5.11 Å². The SMILES string of the molecule is Oc1ccc2ccccc2c1/C=N/Nc1nc(Nc2ccccc2)nc(Nc2ccccc2)n1. The number of fused-ring (bicyclic) bond motifs is 1. The van der Waals surface area contributed by atoms with E-state index in [4.69, 9.17) is 0 Å². The molecule has 0 aliphatic rings. The van der Waals surface area contributed by atoms with Crippen LogP contribution in [0.4, 0.5) is 29.2 Å². The van der Waals surface area contributed by atoms with Gasteiger partial charge < -0.3 is 15.7 Å². The van der Waals surface area contributed by atoms with Crippen LogP contribution in [-0.4, -0.2) is 26.3 Å². The van der Waals surface area contributed by atoms with E-state index in [0.29, 0.717) is 17.5 Å². The van der Waals surface area contributed by atoms with Gasteiger partial charge in [0.1, 0.15) is 5.75 Å². The van der Waals surface area contributed by atoms with Gasteiger partial charge in [0.2, 0.25) is 17.8 Å². The number of hydrogen-bond acceptors (Lipinski definition) is 8. The Morgan fingerprint density at radius 3 is 1.82 bits per heavy atom. The Hall–Kier alpha value is -4.98. The van der Waals surface area contributed by atoms with E-state index in [-0.39, 0.29) is 11.7 Å². The highest BCUT2D eigenvalue weighted by Gasteiger charge is 2.08. The van der Waals surface area contributed by atoms with Crippen molar-refractivity contribution >= 4 is 46.2 Å². The van der Waals surface area contributed by atoms with Crippen LogP contribution in [-0.2, 0) is 0 Å². The van der Waals surface area contributed by atoms with E-state index < -0.39 is 0 Å². The zero-order valence-electron chi connectivity index (χ0n) is 18.1. The summed E-state index contributed by atoms with van der Waals surface area (Å²) >= 11 is 0. The Labute approximate surface area is 196 Å². The van der Waals surface area contributed by atoms with Crippen LogP contribution in [0.1, 0.15) is 5.56 Å². The second kappa shape index (κ2) is 9.66. The van der Waals surface area contributed by atoms with E-state index in [1.54, 1.807) is 12.3 Å². The fourth-order valence-corrected chi connectivity index (χ4v) is 3.41. The molecule has 1 heterocycles. The van der Waals surface area contributed by atoms with Crippen LogP contribution >= 0.6 is 0 Å². The second-order valence-corrected chi connectivity index (χ2v) is 7.38. The van der Waals surface area contributed by atoms with E-state index in [2.05, 4.69) is 36.1 Å². The number of phenolic OH excluding ortho intramolecular Hbond substituents is 1. The van der Waals surface area contributed by atoms with Gasteiger partial charge in [0, 0.05) is 16.9 Å². The highest BCUT2D eigenvalue weighted by Crippen LogP contribution is 2.25. The first-order valence-corrected chi connectivity index (χ1v) is 10.6. The molecule has 0 aliphatic carbocycles. The minimum Gasteiger partial charge on any atom is -0.507 e. The predicted octanol–water partition coefficient (Wildman–Crippen LogP) is 5.66. The van der Waals surface area contributed by atoms with Gasteiger partial charge in [-0.15, -0.1) is 0 Å². The van der Waals surface area contributed by atoms with Crippen molar-refractivity contribution in [1.82, 2.24) is 15.0 Å². The number of nitrogens with zero attached hydrogens (tertiary/aromatic N) is 4. The Bertz CT molecular complexity index is 1380. The Kier molecular flexibility index (Phi) is 5.94. The standard InChI is InChI=1S/C26H21N7O/c34-23-16-15-18-9-7-8-14-21(18)22(23)17-27-33-26-31-24(28-19-10-3-1-4-11-19)30-25(32-26)29-20-12-5-2-6-13-20/h1-17,34H,(H3,28,29,30,31,32,33)/b27-17+. The molecule has 0 saturated carbocycles. The van der Waals surface area contributed by atoms with Gasteiger partial charge in [-0.05, 0) is 41.1 Å². The van der Waals surface area contributed by atoms with Crippen molar-refractivity contribution in [2.24, 2.45) is 5.10 Å². The Balaban J connectivity index is 1.44. The molecule has 0 atom stereocenters. The molecule has 34 heavy (non-hydrogen) atoms. The Morgan fingerprint density at radius 1 is 0.618 bits per heavy atom. The fourth-order valence-electron chi connectivity index (χ4n) is 3.41. The highest BCUT2D eigenvalue weighted by atomic mass is 16.3. The lowest BCUT2D eigenvalue weighted by Crippen LogP contribution is -2.07. The number of aromatic nitrogens is 3. The van der Waals surface area contributed by atoms with E-state index in [9.17, 15) is 5.11 Å². The van der Waals surface area contributed by atoms with Crippen LogP contribution in [0.5, 0.6) is 5.75 Å². The topological polar surface area (TPSA) is 107 Å². The number of hydrazone groups is 1. The van der Waals surface area contributed by atoms with Gasteiger partial charge in [-0.25, -0.2) is 5.43 Å². The van der Waals surface area contributed by atoms with Gasteiger partial charge in [0.25, 0.3) is 0 Å².